The SMILES string of the molecule is O=C(O)CSc1n[nH]c2cc(Cl)c(-c3ccc(-c4ccccc4O)cc3)cc12. The van der Waals surface area contributed by atoms with Crippen LogP contribution in [-0.4, -0.2) is 32.1 Å². The summed E-state index contributed by atoms with van der Waals surface area (Å²) in [5, 5.41) is 28.0. The number of phenols is 1. The first-order chi connectivity index (χ1) is 13.5. The number of aromatic nitrogens is 2. The van der Waals surface area contributed by atoms with Crippen LogP contribution in [0.15, 0.2) is 65.7 Å². The van der Waals surface area contributed by atoms with Crippen LogP contribution in [0.3, 0.4) is 0 Å². The van der Waals surface area contributed by atoms with E-state index in [1.807, 2.05) is 42.5 Å². The van der Waals surface area contributed by atoms with Gasteiger partial charge in [-0.3, -0.25) is 9.89 Å². The fourth-order valence-corrected chi connectivity index (χ4v) is 3.99. The lowest BCUT2D eigenvalue weighted by Gasteiger charge is -2.08. The number of aromatic amines is 1. The zero-order chi connectivity index (χ0) is 19.7. The predicted octanol–water partition coefficient (Wildman–Crippen LogP) is 5.43. The maximum atomic E-state index is 10.8. The molecule has 3 aromatic carbocycles. The molecule has 0 aliphatic heterocycles. The Balaban J connectivity index is 1.72. The molecule has 28 heavy (non-hydrogen) atoms. The highest BCUT2D eigenvalue weighted by Crippen LogP contribution is 2.36. The molecule has 0 aliphatic carbocycles. The molecule has 0 atom stereocenters. The number of carboxylic acid groups (broad SMARTS) is 1. The van der Waals surface area contributed by atoms with E-state index in [0.717, 1.165) is 44.9 Å². The standard InChI is InChI=1S/C21H15ClN2O3S/c22-17-10-18-16(21(24-23-18)28-11-20(26)27)9-15(17)13-7-5-12(6-8-13)14-3-1-2-4-19(14)25/h1-10,25H,11H2,(H,23,24)(H,26,27). The molecule has 0 saturated heterocycles. The average Bonchev–Trinajstić information content (AvgIpc) is 3.08. The fourth-order valence-electron chi connectivity index (χ4n) is 3.02. The van der Waals surface area contributed by atoms with E-state index in [2.05, 4.69) is 10.2 Å². The van der Waals surface area contributed by atoms with Gasteiger partial charge >= 0.3 is 5.97 Å². The summed E-state index contributed by atoms with van der Waals surface area (Å²) in [6, 6.07) is 18.6. The second kappa shape index (κ2) is 7.58. The maximum Gasteiger partial charge on any atom is 0.313 e. The third-order valence-electron chi connectivity index (χ3n) is 4.36. The summed E-state index contributed by atoms with van der Waals surface area (Å²) in [6.45, 7) is 0. The number of carbonyl (C=O) groups is 1. The minimum absolute atomic E-state index is 0.0623. The van der Waals surface area contributed by atoms with Gasteiger partial charge in [0, 0.05) is 16.5 Å². The van der Waals surface area contributed by atoms with Crippen molar-refractivity contribution in [2.24, 2.45) is 0 Å². The van der Waals surface area contributed by atoms with Crippen LogP contribution in [0.5, 0.6) is 5.75 Å². The second-order valence-corrected chi connectivity index (χ2v) is 7.55. The number of benzene rings is 3. The van der Waals surface area contributed by atoms with E-state index in [-0.39, 0.29) is 11.5 Å². The summed E-state index contributed by atoms with van der Waals surface area (Å²) in [5.41, 5.74) is 4.17. The third kappa shape index (κ3) is 3.56. The Labute approximate surface area is 170 Å². The molecule has 3 N–H and O–H groups in total. The third-order valence-corrected chi connectivity index (χ3v) is 5.65. The van der Waals surface area contributed by atoms with E-state index < -0.39 is 5.97 Å². The Kier molecular flexibility index (Phi) is 4.98. The van der Waals surface area contributed by atoms with Gasteiger partial charge in [0.05, 0.1) is 16.3 Å². The van der Waals surface area contributed by atoms with Crippen molar-refractivity contribution in [1.29, 1.82) is 0 Å². The number of halogens is 1. The number of aliphatic carboxylic acids is 1. The van der Waals surface area contributed by atoms with Crippen molar-refractivity contribution in [2.75, 3.05) is 5.75 Å². The average molecular weight is 411 g/mol. The number of fused-ring (bicyclic) bond motifs is 1. The van der Waals surface area contributed by atoms with Gasteiger partial charge < -0.3 is 10.2 Å². The van der Waals surface area contributed by atoms with Crippen molar-refractivity contribution in [3.8, 4) is 28.0 Å². The summed E-state index contributed by atoms with van der Waals surface area (Å²) < 4.78 is 0. The number of phenolic OH excluding ortho intramolecular Hbond substituents is 1. The molecule has 7 heteroatoms. The van der Waals surface area contributed by atoms with Gasteiger partial charge in [-0.1, -0.05) is 65.8 Å². The Morgan fingerprint density at radius 2 is 1.71 bits per heavy atom. The van der Waals surface area contributed by atoms with E-state index in [4.69, 9.17) is 16.7 Å². The fraction of sp³-hybridized carbons (Fsp3) is 0.0476. The van der Waals surface area contributed by atoms with Crippen molar-refractivity contribution in [3.05, 3.63) is 65.7 Å². The highest BCUT2D eigenvalue weighted by molar-refractivity contribution is 8.00. The molecule has 0 aliphatic rings. The molecule has 0 fully saturated rings. The van der Waals surface area contributed by atoms with Crippen LogP contribution in [0.25, 0.3) is 33.2 Å². The topological polar surface area (TPSA) is 86.2 Å². The van der Waals surface area contributed by atoms with Crippen LogP contribution in [0.1, 0.15) is 0 Å². The molecule has 4 aromatic rings. The van der Waals surface area contributed by atoms with Crippen LogP contribution < -0.4 is 0 Å². The first kappa shape index (κ1) is 18.4. The Hall–Kier alpha value is -2.96. The van der Waals surface area contributed by atoms with Gasteiger partial charge in [-0.05, 0) is 29.3 Å². The normalized spacial score (nSPS) is 11.0. The first-order valence-electron chi connectivity index (χ1n) is 8.44. The van der Waals surface area contributed by atoms with Crippen LogP contribution in [0, 0.1) is 0 Å². The summed E-state index contributed by atoms with van der Waals surface area (Å²) >= 11 is 7.63. The van der Waals surface area contributed by atoms with E-state index in [1.54, 1.807) is 18.2 Å². The van der Waals surface area contributed by atoms with Gasteiger partial charge in [0.1, 0.15) is 10.8 Å². The van der Waals surface area contributed by atoms with Crippen molar-refractivity contribution in [3.63, 3.8) is 0 Å². The number of hydrogen-bond donors (Lipinski definition) is 3. The lowest BCUT2D eigenvalue weighted by atomic mass is 9.99. The largest absolute Gasteiger partial charge is 0.507 e. The molecular formula is C21H15ClN2O3S. The molecule has 1 aromatic heterocycles. The number of carboxylic acids is 1. The van der Waals surface area contributed by atoms with Gasteiger partial charge in [-0.15, -0.1) is 0 Å². The molecular weight excluding hydrogens is 396 g/mol. The summed E-state index contributed by atoms with van der Waals surface area (Å²) in [7, 11) is 0. The van der Waals surface area contributed by atoms with Gasteiger partial charge in [-0.25, -0.2) is 0 Å². The molecule has 5 nitrogen and oxygen atoms in total. The number of H-pyrrole nitrogens is 1. The molecule has 0 saturated carbocycles. The Morgan fingerprint density at radius 1 is 1.04 bits per heavy atom. The van der Waals surface area contributed by atoms with Crippen molar-refractivity contribution in [1.82, 2.24) is 10.2 Å². The zero-order valence-electron chi connectivity index (χ0n) is 14.5. The van der Waals surface area contributed by atoms with Gasteiger partial charge in [0.2, 0.25) is 0 Å². The summed E-state index contributed by atoms with van der Waals surface area (Å²) in [6.07, 6.45) is 0. The van der Waals surface area contributed by atoms with Crippen molar-refractivity contribution < 1.29 is 15.0 Å². The number of nitrogens with zero attached hydrogens (tertiary/aromatic N) is 1. The molecule has 0 unspecified atom stereocenters. The van der Waals surface area contributed by atoms with Gasteiger partial charge in [-0.2, -0.15) is 5.10 Å². The maximum absolute atomic E-state index is 10.8. The molecule has 0 amide bonds. The lowest BCUT2D eigenvalue weighted by molar-refractivity contribution is -0.133. The molecule has 140 valence electrons. The van der Waals surface area contributed by atoms with Crippen LogP contribution in [-0.2, 0) is 4.79 Å². The van der Waals surface area contributed by atoms with Crippen LogP contribution >= 0.6 is 23.4 Å². The van der Waals surface area contributed by atoms with E-state index in [1.165, 1.54) is 0 Å². The Morgan fingerprint density at radius 3 is 2.39 bits per heavy atom. The summed E-state index contributed by atoms with van der Waals surface area (Å²) in [4.78, 5) is 10.8. The van der Waals surface area contributed by atoms with Gasteiger partial charge in [0.15, 0.2) is 0 Å². The van der Waals surface area contributed by atoms with Crippen molar-refractivity contribution >= 4 is 40.2 Å². The van der Waals surface area contributed by atoms with E-state index in [0.29, 0.717) is 10.0 Å². The van der Waals surface area contributed by atoms with E-state index in [9.17, 15) is 9.90 Å². The van der Waals surface area contributed by atoms with Crippen LogP contribution in [0.2, 0.25) is 5.02 Å². The monoisotopic (exact) mass is 410 g/mol. The quantitative estimate of drug-likeness (QED) is 0.382. The molecule has 4 rings (SSSR count). The number of thioether (sulfide) groups is 1. The number of aromatic hydroxyl groups is 1. The smallest absolute Gasteiger partial charge is 0.313 e. The van der Waals surface area contributed by atoms with Gasteiger partial charge in [0.25, 0.3) is 0 Å². The number of nitrogens with one attached hydrogen (secondary N) is 1. The lowest BCUT2D eigenvalue weighted by Crippen LogP contribution is -1.97. The highest BCUT2D eigenvalue weighted by atomic mass is 35.5. The molecule has 1 heterocycles. The molecule has 0 radical (unpaired) electrons. The van der Waals surface area contributed by atoms with Crippen LogP contribution in [0.4, 0.5) is 0 Å². The zero-order valence-corrected chi connectivity index (χ0v) is 16.1. The molecule has 0 spiro atoms. The number of para-hydroxylation sites is 1. The second-order valence-electron chi connectivity index (χ2n) is 6.18. The van der Waals surface area contributed by atoms with Crippen molar-refractivity contribution in [2.45, 2.75) is 5.03 Å². The highest BCUT2D eigenvalue weighted by Gasteiger charge is 2.13. The summed E-state index contributed by atoms with van der Waals surface area (Å²) in [5.74, 6) is -0.726. The minimum atomic E-state index is -0.893. The van der Waals surface area contributed by atoms with E-state index >= 15 is 0 Å². The molecule has 0 bridgehead atoms. The minimum Gasteiger partial charge on any atom is -0.507 e. The number of hydrogen-bond acceptors (Lipinski definition) is 4. The number of rotatable bonds is 5. The first-order valence-corrected chi connectivity index (χ1v) is 9.80. The predicted molar refractivity (Wildman–Crippen MR) is 112 cm³/mol. The Bertz CT molecular complexity index is 1170.